The Morgan fingerprint density at radius 2 is 2.24 bits per heavy atom. The van der Waals surface area contributed by atoms with Gasteiger partial charge in [0.25, 0.3) is 0 Å². The van der Waals surface area contributed by atoms with E-state index >= 15 is 0 Å². The highest BCUT2D eigenvalue weighted by Crippen LogP contribution is 2.11. The summed E-state index contributed by atoms with van der Waals surface area (Å²) in [5.74, 6) is -0.946. The number of hydrogen-bond donors (Lipinski definition) is 2. The van der Waals surface area contributed by atoms with E-state index < -0.39 is 11.4 Å². The van der Waals surface area contributed by atoms with Crippen molar-refractivity contribution in [2.45, 2.75) is 13.5 Å². The molecule has 2 rings (SSSR count). The molecule has 0 unspecified atom stereocenters. The molecular formula is C11H11N3O3. The summed E-state index contributed by atoms with van der Waals surface area (Å²) < 4.78 is 1.59. The zero-order chi connectivity index (χ0) is 12.6. The molecule has 2 aromatic rings. The van der Waals surface area contributed by atoms with Crippen molar-refractivity contribution in [1.29, 1.82) is 0 Å². The molecule has 0 saturated heterocycles. The highest BCUT2D eigenvalue weighted by atomic mass is 16.4. The second-order valence-corrected chi connectivity index (χ2v) is 3.57. The van der Waals surface area contributed by atoms with E-state index in [0.717, 1.165) is 0 Å². The Hall–Kier alpha value is -2.37. The number of nitrogen functional groups attached to an aromatic ring is 1. The molecule has 6 nitrogen and oxygen atoms in total. The summed E-state index contributed by atoms with van der Waals surface area (Å²) in [6.07, 6.45) is 1.29. The molecule has 0 bridgehead atoms. The van der Waals surface area contributed by atoms with Crippen LogP contribution in [0.15, 0.2) is 23.1 Å². The third-order valence-corrected chi connectivity index (χ3v) is 2.51. The smallest absolute Gasteiger partial charge is 0.341 e. The van der Waals surface area contributed by atoms with E-state index in [1.165, 1.54) is 18.3 Å². The molecule has 17 heavy (non-hydrogen) atoms. The minimum Gasteiger partial charge on any atom is -0.477 e. The lowest BCUT2D eigenvalue weighted by Gasteiger charge is -2.09. The molecule has 6 heteroatoms. The van der Waals surface area contributed by atoms with Crippen molar-refractivity contribution in [2.24, 2.45) is 0 Å². The maximum atomic E-state index is 11.9. The number of aryl methyl sites for hydroxylation is 1. The molecule has 2 aromatic heterocycles. The Balaban J connectivity index is 2.95. The van der Waals surface area contributed by atoms with Gasteiger partial charge in [-0.3, -0.25) is 4.79 Å². The number of carboxylic acid groups (broad SMARTS) is 1. The van der Waals surface area contributed by atoms with Crippen molar-refractivity contribution in [1.82, 2.24) is 9.55 Å². The van der Waals surface area contributed by atoms with Gasteiger partial charge in [-0.25, -0.2) is 9.78 Å². The van der Waals surface area contributed by atoms with Gasteiger partial charge in [0.05, 0.1) is 5.39 Å². The summed E-state index contributed by atoms with van der Waals surface area (Å²) in [6, 6.07) is 2.98. The average Bonchev–Trinajstić information content (AvgIpc) is 2.29. The number of anilines is 1. The largest absolute Gasteiger partial charge is 0.477 e. The topological polar surface area (TPSA) is 98.2 Å². The van der Waals surface area contributed by atoms with Gasteiger partial charge in [0.1, 0.15) is 17.0 Å². The first-order valence-corrected chi connectivity index (χ1v) is 5.07. The van der Waals surface area contributed by atoms with Crippen molar-refractivity contribution < 1.29 is 9.90 Å². The Kier molecular flexibility index (Phi) is 2.55. The lowest BCUT2D eigenvalue weighted by atomic mass is 10.2. The van der Waals surface area contributed by atoms with Crippen molar-refractivity contribution >= 4 is 22.8 Å². The SMILES string of the molecule is CCn1cc(C(=O)O)c(=O)c2ccc(N)nc21. The van der Waals surface area contributed by atoms with E-state index in [1.807, 2.05) is 6.92 Å². The molecule has 0 aliphatic heterocycles. The first kappa shape index (κ1) is 11.1. The van der Waals surface area contributed by atoms with Crippen LogP contribution >= 0.6 is 0 Å². The summed E-state index contributed by atoms with van der Waals surface area (Å²) in [5, 5.41) is 9.21. The van der Waals surface area contributed by atoms with Gasteiger partial charge in [0.2, 0.25) is 5.43 Å². The maximum absolute atomic E-state index is 11.9. The molecule has 0 aliphatic rings. The first-order chi connectivity index (χ1) is 8.04. The number of pyridine rings is 2. The van der Waals surface area contributed by atoms with Crippen LogP contribution in [0.3, 0.4) is 0 Å². The van der Waals surface area contributed by atoms with Gasteiger partial charge < -0.3 is 15.4 Å². The molecular weight excluding hydrogens is 222 g/mol. The number of fused-ring (bicyclic) bond motifs is 1. The molecule has 0 fully saturated rings. The number of rotatable bonds is 2. The van der Waals surface area contributed by atoms with Gasteiger partial charge in [0, 0.05) is 12.7 Å². The fourth-order valence-electron chi connectivity index (χ4n) is 1.67. The number of nitrogens with zero attached hydrogens (tertiary/aromatic N) is 2. The van der Waals surface area contributed by atoms with Crippen LogP contribution in [0.5, 0.6) is 0 Å². The molecule has 3 N–H and O–H groups in total. The molecule has 0 aliphatic carbocycles. The molecule has 0 amide bonds. The molecule has 0 atom stereocenters. The molecule has 88 valence electrons. The predicted octanol–water partition coefficient (Wildman–Crippen LogP) is 0.697. The molecule has 0 aromatic carbocycles. The van der Waals surface area contributed by atoms with Crippen LogP contribution in [-0.4, -0.2) is 20.6 Å². The van der Waals surface area contributed by atoms with Gasteiger partial charge in [-0.05, 0) is 19.1 Å². The number of aromatic nitrogens is 2. The van der Waals surface area contributed by atoms with E-state index in [1.54, 1.807) is 4.57 Å². The van der Waals surface area contributed by atoms with E-state index in [4.69, 9.17) is 10.8 Å². The number of carbonyl (C=O) groups is 1. The van der Waals surface area contributed by atoms with Crippen molar-refractivity contribution in [3.05, 3.63) is 34.1 Å². The van der Waals surface area contributed by atoms with Crippen molar-refractivity contribution in [2.75, 3.05) is 5.73 Å². The molecule has 2 heterocycles. The zero-order valence-corrected chi connectivity index (χ0v) is 9.17. The third kappa shape index (κ3) is 1.73. The van der Waals surface area contributed by atoms with Crippen molar-refractivity contribution in [3.8, 4) is 0 Å². The summed E-state index contributed by atoms with van der Waals surface area (Å²) in [6.45, 7) is 2.34. The number of carboxylic acids is 1. The van der Waals surface area contributed by atoms with Crippen molar-refractivity contribution in [3.63, 3.8) is 0 Å². The number of hydrogen-bond acceptors (Lipinski definition) is 4. The normalized spacial score (nSPS) is 10.6. The Labute approximate surface area is 96.3 Å². The highest BCUT2D eigenvalue weighted by Gasteiger charge is 2.14. The van der Waals surface area contributed by atoms with E-state index in [0.29, 0.717) is 18.0 Å². The summed E-state index contributed by atoms with van der Waals surface area (Å²) >= 11 is 0. The molecule has 0 saturated carbocycles. The van der Waals surface area contributed by atoms with Gasteiger partial charge in [-0.15, -0.1) is 0 Å². The quantitative estimate of drug-likeness (QED) is 0.795. The molecule has 0 spiro atoms. The average molecular weight is 233 g/mol. The van der Waals surface area contributed by atoms with Crippen LogP contribution in [0.25, 0.3) is 11.0 Å². The van der Waals surface area contributed by atoms with E-state index in [-0.39, 0.29) is 10.9 Å². The van der Waals surface area contributed by atoms with Gasteiger partial charge in [0.15, 0.2) is 0 Å². The Bertz CT molecular complexity index is 661. The first-order valence-electron chi connectivity index (χ1n) is 5.07. The van der Waals surface area contributed by atoms with Crippen LogP contribution in [0.1, 0.15) is 17.3 Å². The van der Waals surface area contributed by atoms with Gasteiger partial charge in [-0.1, -0.05) is 0 Å². The molecule has 0 radical (unpaired) electrons. The maximum Gasteiger partial charge on any atom is 0.341 e. The lowest BCUT2D eigenvalue weighted by molar-refractivity contribution is 0.0695. The van der Waals surface area contributed by atoms with Crippen LogP contribution in [0, 0.1) is 0 Å². The lowest BCUT2D eigenvalue weighted by Crippen LogP contribution is -2.19. The van der Waals surface area contributed by atoms with Crippen LogP contribution < -0.4 is 11.2 Å². The third-order valence-electron chi connectivity index (χ3n) is 2.51. The van der Waals surface area contributed by atoms with Crippen LogP contribution in [-0.2, 0) is 6.54 Å². The standard InChI is InChI=1S/C11H11N3O3/c1-2-14-5-7(11(16)17)9(15)6-3-4-8(12)13-10(6)14/h3-5H,2H2,1H3,(H2,12,13)(H,16,17). The highest BCUT2D eigenvalue weighted by molar-refractivity contribution is 5.91. The minimum atomic E-state index is -1.24. The fraction of sp³-hybridized carbons (Fsp3) is 0.182. The van der Waals surface area contributed by atoms with E-state index in [9.17, 15) is 9.59 Å². The minimum absolute atomic E-state index is 0.258. The van der Waals surface area contributed by atoms with Gasteiger partial charge >= 0.3 is 5.97 Å². The number of aromatic carboxylic acids is 1. The van der Waals surface area contributed by atoms with Gasteiger partial charge in [-0.2, -0.15) is 0 Å². The monoisotopic (exact) mass is 233 g/mol. The van der Waals surface area contributed by atoms with Crippen LogP contribution in [0.4, 0.5) is 5.82 Å². The predicted molar refractivity (Wildman–Crippen MR) is 63.0 cm³/mol. The van der Waals surface area contributed by atoms with Crippen LogP contribution in [0.2, 0.25) is 0 Å². The van der Waals surface area contributed by atoms with E-state index in [2.05, 4.69) is 4.98 Å². The fourth-order valence-corrected chi connectivity index (χ4v) is 1.67. The second kappa shape index (κ2) is 3.89. The Morgan fingerprint density at radius 1 is 1.53 bits per heavy atom. The number of nitrogens with two attached hydrogens (primary N) is 1. The Morgan fingerprint density at radius 3 is 2.82 bits per heavy atom. The summed E-state index contributed by atoms with van der Waals surface area (Å²) in [5.41, 5.74) is 5.16. The summed E-state index contributed by atoms with van der Waals surface area (Å²) in [7, 11) is 0. The zero-order valence-electron chi connectivity index (χ0n) is 9.17. The second-order valence-electron chi connectivity index (χ2n) is 3.57. The summed E-state index contributed by atoms with van der Waals surface area (Å²) in [4.78, 5) is 26.9.